The molecular weight excluding hydrogens is 394 g/mol. The number of alkyl halides is 1. The number of halogens is 3. The fraction of sp³-hybridized carbons (Fsp3) is 0.222. The van der Waals surface area contributed by atoms with E-state index in [1.165, 1.54) is 0 Å². The average Bonchev–Trinajstić information content (AvgIpc) is 2.23. The van der Waals surface area contributed by atoms with Crippen molar-refractivity contribution in [2.75, 3.05) is 13.0 Å². The van der Waals surface area contributed by atoms with E-state index in [0.717, 1.165) is 8.04 Å². The van der Waals surface area contributed by atoms with Gasteiger partial charge >= 0.3 is 0 Å². The molecule has 1 rings (SSSR count). The van der Waals surface area contributed by atoms with Crippen LogP contribution in [0.3, 0.4) is 0 Å². The predicted octanol–water partition coefficient (Wildman–Crippen LogP) is 3.29. The number of methoxy groups -OCH3 is 1. The highest BCUT2D eigenvalue weighted by Gasteiger charge is 2.10. The van der Waals surface area contributed by atoms with Crippen molar-refractivity contribution in [1.29, 1.82) is 0 Å². The van der Waals surface area contributed by atoms with E-state index >= 15 is 0 Å². The molecule has 0 radical (unpaired) electrons. The average molecular weight is 403 g/mol. The Morgan fingerprint density at radius 2 is 2.33 bits per heavy atom. The quantitative estimate of drug-likeness (QED) is 0.364. The number of aliphatic imine (C=N–C) groups is 1. The Kier molecular flexibility index (Phi) is 5.14. The van der Waals surface area contributed by atoms with E-state index in [2.05, 4.69) is 43.5 Å². The van der Waals surface area contributed by atoms with E-state index < -0.39 is 0 Å². The first-order chi connectivity index (χ1) is 7.10. The van der Waals surface area contributed by atoms with Gasteiger partial charge in [-0.15, -0.1) is 11.6 Å². The summed E-state index contributed by atoms with van der Waals surface area (Å²) in [5.74, 6) is 1.25. The van der Waals surface area contributed by atoms with Crippen LogP contribution in [0.1, 0.15) is 0 Å². The maximum Gasteiger partial charge on any atom is 0.159 e. The van der Waals surface area contributed by atoms with Crippen molar-refractivity contribution < 1.29 is 4.74 Å². The normalized spacial score (nSPS) is 11.6. The summed E-state index contributed by atoms with van der Waals surface area (Å²) in [7, 11) is 1.60. The number of ether oxygens (including phenoxy) is 1. The molecule has 2 N–H and O–H groups in total. The Labute approximate surface area is 115 Å². The molecular formula is C9H9BrClIN2O. The Morgan fingerprint density at radius 3 is 2.87 bits per heavy atom. The highest BCUT2D eigenvalue weighted by atomic mass is 127. The fourth-order valence-corrected chi connectivity index (χ4v) is 2.11. The van der Waals surface area contributed by atoms with Gasteiger partial charge in [-0.1, -0.05) is 0 Å². The minimum atomic E-state index is 0.196. The van der Waals surface area contributed by atoms with Crippen molar-refractivity contribution in [2.45, 2.75) is 0 Å². The van der Waals surface area contributed by atoms with Gasteiger partial charge in [0.15, 0.2) is 5.75 Å². The third kappa shape index (κ3) is 3.22. The summed E-state index contributed by atoms with van der Waals surface area (Å²) < 4.78 is 7.06. The van der Waals surface area contributed by atoms with Crippen molar-refractivity contribution in [3.05, 3.63) is 20.2 Å². The second kappa shape index (κ2) is 5.91. The van der Waals surface area contributed by atoms with Gasteiger partial charge in [0, 0.05) is 4.47 Å². The van der Waals surface area contributed by atoms with Crippen LogP contribution in [-0.4, -0.2) is 18.8 Å². The van der Waals surface area contributed by atoms with E-state index in [-0.39, 0.29) is 5.88 Å². The van der Waals surface area contributed by atoms with Gasteiger partial charge in [0.1, 0.15) is 11.5 Å². The molecule has 0 aliphatic heterocycles. The number of rotatable bonds is 3. The second-order valence-electron chi connectivity index (χ2n) is 2.65. The van der Waals surface area contributed by atoms with Crippen LogP contribution < -0.4 is 10.5 Å². The van der Waals surface area contributed by atoms with Crippen LogP contribution >= 0.6 is 50.1 Å². The van der Waals surface area contributed by atoms with Gasteiger partial charge in [-0.25, -0.2) is 4.99 Å². The van der Waals surface area contributed by atoms with Crippen molar-refractivity contribution in [1.82, 2.24) is 0 Å². The summed E-state index contributed by atoms with van der Waals surface area (Å²) >= 11 is 11.1. The Bertz CT molecular complexity index is 398. The summed E-state index contributed by atoms with van der Waals surface area (Å²) in [6.07, 6.45) is 0. The summed E-state index contributed by atoms with van der Waals surface area (Å²) in [6.45, 7) is 0. The van der Waals surface area contributed by atoms with Gasteiger partial charge in [0.2, 0.25) is 0 Å². The molecule has 1 aromatic rings. The molecule has 15 heavy (non-hydrogen) atoms. The highest BCUT2D eigenvalue weighted by Crippen LogP contribution is 2.38. The number of benzene rings is 1. The van der Waals surface area contributed by atoms with Crippen LogP contribution in [0, 0.1) is 3.57 Å². The van der Waals surface area contributed by atoms with Crippen LogP contribution in [0.15, 0.2) is 21.6 Å². The van der Waals surface area contributed by atoms with E-state index in [4.69, 9.17) is 22.1 Å². The summed E-state index contributed by atoms with van der Waals surface area (Å²) in [6, 6.07) is 3.82. The molecule has 3 nitrogen and oxygen atoms in total. The van der Waals surface area contributed by atoms with E-state index in [0.29, 0.717) is 17.3 Å². The zero-order valence-corrected chi connectivity index (χ0v) is 12.4. The van der Waals surface area contributed by atoms with Crippen molar-refractivity contribution in [2.24, 2.45) is 10.7 Å². The second-order valence-corrected chi connectivity index (χ2v) is 4.93. The maximum atomic E-state index is 5.59. The van der Waals surface area contributed by atoms with E-state index in [1.807, 2.05) is 12.1 Å². The predicted molar refractivity (Wildman–Crippen MR) is 75.4 cm³/mol. The lowest BCUT2D eigenvalue weighted by atomic mass is 10.3. The van der Waals surface area contributed by atoms with Gasteiger partial charge in [-0.05, 0) is 50.7 Å². The fourth-order valence-electron chi connectivity index (χ4n) is 0.994. The van der Waals surface area contributed by atoms with Gasteiger partial charge in [-0.2, -0.15) is 0 Å². The third-order valence-corrected chi connectivity index (χ3v) is 3.39. The minimum absolute atomic E-state index is 0.196. The maximum absolute atomic E-state index is 5.59. The van der Waals surface area contributed by atoms with Crippen LogP contribution in [-0.2, 0) is 0 Å². The highest BCUT2D eigenvalue weighted by molar-refractivity contribution is 14.1. The molecule has 0 saturated heterocycles. The molecule has 0 aliphatic carbocycles. The standard InChI is InChI=1S/C9H9BrClIN2O/c1-15-9-6(12)3-2-5(10)8(9)14-7(13)4-11/h2-3H,4H2,1H3,(H2,13,14). The lowest BCUT2D eigenvalue weighted by Gasteiger charge is -2.09. The number of nitrogens with two attached hydrogens (primary N) is 1. The molecule has 0 amide bonds. The first-order valence-corrected chi connectivity index (χ1v) is 6.41. The summed E-state index contributed by atoms with van der Waals surface area (Å²) in [5.41, 5.74) is 6.26. The Morgan fingerprint density at radius 1 is 1.67 bits per heavy atom. The first kappa shape index (κ1) is 13.1. The number of hydrogen-bond donors (Lipinski definition) is 1. The third-order valence-electron chi connectivity index (χ3n) is 1.63. The summed E-state index contributed by atoms with van der Waals surface area (Å²) in [5, 5.41) is 0. The molecule has 0 bridgehead atoms. The van der Waals surface area contributed by atoms with Crippen molar-refractivity contribution >= 4 is 61.6 Å². The molecule has 0 spiro atoms. The molecule has 82 valence electrons. The Balaban J connectivity index is 3.31. The van der Waals surface area contributed by atoms with Gasteiger partial charge in [-0.3, -0.25) is 0 Å². The first-order valence-electron chi connectivity index (χ1n) is 4.01. The minimum Gasteiger partial charge on any atom is -0.493 e. The van der Waals surface area contributed by atoms with Crippen LogP contribution in [0.25, 0.3) is 0 Å². The molecule has 0 aliphatic rings. The van der Waals surface area contributed by atoms with Crippen LogP contribution in [0.4, 0.5) is 5.69 Å². The van der Waals surface area contributed by atoms with Crippen molar-refractivity contribution in [3.8, 4) is 5.75 Å². The summed E-state index contributed by atoms with van der Waals surface area (Å²) in [4.78, 5) is 4.19. The lowest BCUT2D eigenvalue weighted by molar-refractivity contribution is 0.413. The SMILES string of the molecule is COc1c(I)ccc(Br)c1N=C(N)CCl. The largest absolute Gasteiger partial charge is 0.493 e. The van der Waals surface area contributed by atoms with E-state index in [1.54, 1.807) is 7.11 Å². The molecule has 0 saturated carbocycles. The number of nitrogens with zero attached hydrogens (tertiary/aromatic N) is 1. The van der Waals surface area contributed by atoms with Crippen LogP contribution in [0.2, 0.25) is 0 Å². The lowest BCUT2D eigenvalue weighted by Crippen LogP contribution is -2.12. The van der Waals surface area contributed by atoms with Gasteiger partial charge < -0.3 is 10.5 Å². The molecule has 6 heteroatoms. The van der Waals surface area contributed by atoms with Gasteiger partial charge in [0.05, 0.1) is 16.6 Å². The zero-order valence-electron chi connectivity index (χ0n) is 7.93. The molecule has 1 aromatic carbocycles. The number of amidine groups is 1. The van der Waals surface area contributed by atoms with Crippen molar-refractivity contribution in [3.63, 3.8) is 0 Å². The topological polar surface area (TPSA) is 47.6 Å². The molecule has 0 fully saturated rings. The smallest absolute Gasteiger partial charge is 0.159 e. The zero-order chi connectivity index (χ0) is 11.4. The molecule has 0 atom stereocenters. The molecule has 0 aromatic heterocycles. The van der Waals surface area contributed by atoms with E-state index in [9.17, 15) is 0 Å². The van der Waals surface area contributed by atoms with Gasteiger partial charge in [0.25, 0.3) is 0 Å². The Hall–Kier alpha value is -0.0100. The molecule has 0 unspecified atom stereocenters. The monoisotopic (exact) mass is 402 g/mol. The number of hydrogen-bond acceptors (Lipinski definition) is 2. The van der Waals surface area contributed by atoms with Crippen LogP contribution in [0.5, 0.6) is 5.75 Å². The molecule has 0 heterocycles.